The number of carbonyl (C=O) groups is 1. The first kappa shape index (κ1) is 15.8. The average molecular weight is 289 g/mol. The number of hydrogen-bond donors (Lipinski definition) is 1. The van der Waals surface area contributed by atoms with Crippen molar-refractivity contribution in [1.29, 1.82) is 0 Å². The van der Waals surface area contributed by atoms with Gasteiger partial charge in [-0.15, -0.1) is 0 Å². The number of likely N-dealkylation sites (tertiary alicyclic amines) is 1. The van der Waals surface area contributed by atoms with Gasteiger partial charge in [-0.1, -0.05) is 13.0 Å². The minimum absolute atomic E-state index is 0.0525. The Labute approximate surface area is 128 Å². The van der Waals surface area contributed by atoms with Crippen molar-refractivity contribution >= 4 is 11.6 Å². The van der Waals surface area contributed by atoms with Gasteiger partial charge in [-0.05, 0) is 50.6 Å². The van der Waals surface area contributed by atoms with Gasteiger partial charge in [0.2, 0.25) is 0 Å². The van der Waals surface area contributed by atoms with E-state index in [1.807, 2.05) is 18.2 Å². The highest BCUT2D eigenvalue weighted by atomic mass is 16.2. The monoisotopic (exact) mass is 289 g/mol. The summed E-state index contributed by atoms with van der Waals surface area (Å²) in [5.41, 5.74) is 1.80. The van der Waals surface area contributed by atoms with Crippen LogP contribution in [0.3, 0.4) is 0 Å². The van der Waals surface area contributed by atoms with Crippen LogP contribution in [0.25, 0.3) is 0 Å². The highest BCUT2D eigenvalue weighted by Crippen LogP contribution is 2.18. The normalized spacial score (nSPS) is 19.9. The molecule has 1 atom stereocenters. The predicted octanol–water partition coefficient (Wildman–Crippen LogP) is 2.67. The van der Waals surface area contributed by atoms with Crippen LogP contribution in [-0.2, 0) is 0 Å². The van der Waals surface area contributed by atoms with Gasteiger partial charge in [0.15, 0.2) is 0 Å². The number of carbonyl (C=O) groups excluding carboxylic acids is 1. The van der Waals surface area contributed by atoms with Crippen molar-refractivity contribution in [3.8, 4) is 0 Å². The molecular formula is C17H27N3O. The second-order valence-electron chi connectivity index (χ2n) is 5.99. The number of nitrogens with zero attached hydrogens (tertiary/aromatic N) is 2. The van der Waals surface area contributed by atoms with E-state index in [0.29, 0.717) is 6.04 Å². The van der Waals surface area contributed by atoms with Crippen LogP contribution in [0.2, 0.25) is 0 Å². The minimum Gasteiger partial charge on any atom is -0.382 e. The third-order valence-corrected chi connectivity index (χ3v) is 4.15. The molecule has 0 aliphatic carbocycles. The molecule has 21 heavy (non-hydrogen) atoms. The van der Waals surface area contributed by atoms with Gasteiger partial charge in [-0.25, -0.2) is 0 Å². The SMILES string of the molecule is CCN1CCCC(Nc2cccc(C(=O)N(C)C)c2)CC1. The summed E-state index contributed by atoms with van der Waals surface area (Å²) < 4.78 is 0. The zero-order valence-electron chi connectivity index (χ0n) is 13.4. The van der Waals surface area contributed by atoms with Gasteiger partial charge in [0, 0.05) is 37.9 Å². The van der Waals surface area contributed by atoms with Crippen molar-refractivity contribution in [2.75, 3.05) is 39.0 Å². The van der Waals surface area contributed by atoms with Crippen LogP contribution in [0, 0.1) is 0 Å². The molecule has 1 aromatic carbocycles. The third kappa shape index (κ3) is 4.46. The summed E-state index contributed by atoms with van der Waals surface area (Å²) in [7, 11) is 3.57. The summed E-state index contributed by atoms with van der Waals surface area (Å²) in [6.45, 7) is 5.72. The van der Waals surface area contributed by atoms with Gasteiger partial charge in [0.1, 0.15) is 0 Å². The van der Waals surface area contributed by atoms with Crippen LogP contribution >= 0.6 is 0 Å². The molecule has 1 aliphatic heterocycles. The molecule has 1 aromatic rings. The summed E-state index contributed by atoms with van der Waals surface area (Å²) in [5, 5.41) is 3.60. The molecular weight excluding hydrogens is 262 g/mol. The molecule has 1 heterocycles. The van der Waals surface area contributed by atoms with Crippen LogP contribution in [0.4, 0.5) is 5.69 Å². The second kappa shape index (κ2) is 7.46. The fourth-order valence-electron chi connectivity index (χ4n) is 2.85. The first-order chi connectivity index (χ1) is 10.1. The Morgan fingerprint density at radius 3 is 2.86 bits per heavy atom. The zero-order valence-corrected chi connectivity index (χ0v) is 13.4. The van der Waals surface area contributed by atoms with E-state index in [2.05, 4.69) is 23.2 Å². The van der Waals surface area contributed by atoms with E-state index in [9.17, 15) is 4.79 Å². The van der Waals surface area contributed by atoms with E-state index in [4.69, 9.17) is 0 Å². The standard InChI is InChI=1S/C17H27N3O/c1-4-20-11-6-9-15(10-12-20)18-16-8-5-7-14(13-16)17(21)19(2)3/h5,7-8,13,15,18H,4,6,9-12H2,1-3H3. The molecule has 1 fully saturated rings. The fourth-order valence-corrected chi connectivity index (χ4v) is 2.85. The van der Waals surface area contributed by atoms with Crippen LogP contribution in [0.1, 0.15) is 36.5 Å². The lowest BCUT2D eigenvalue weighted by Gasteiger charge is -2.20. The Kier molecular flexibility index (Phi) is 5.62. The average Bonchev–Trinajstić information content (AvgIpc) is 2.72. The molecule has 116 valence electrons. The number of benzene rings is 1. The molecule has 0 spiro atoms. The summed E-state index contributed by atoms with van der Waals surface area (Å²) in [6.07, 6.45) is 3.60. The lowest BCUT2D eigenvalue weighted by atomic mass is 10.1. The predicted molar refractivity (Wildman–Crippen MR) is 87.8 cm³/mol. The van der Waals surface area contributed by atoms with Gasteiger partial charge < -0.3 is 15.1 Å². The van der Waals surface area contributed by atoms with Crippen molar-refractivity contribution in [2.24, 2.45) is 0 Å². The second-order valence-corrected chi connectivity index (χ2v) is 5.99. The smallest absolute Gasteiger partial charge is 0.253 e. The highest BCUT2D eigenvalue weighted by molar-refractivity contribution is 5.94. The minimum atomic E-state index is 0.0525. The summed E-state index contributed by atoms with van der Waals surface area (Å²) in [5.74, 6) is 0.0525. The number of anilines is 1. The maximum absolute atomic E-state index is 12.0. The van der Waals surface area contributed by atoms with Crippen molar-refractivity contribution in [3.05, 3.63) is 29.8 Å². The van der Waals surface area contributed by atoms with Crippen molar-refractivity contribution in [1.82, 2.24) is 9.80 Å². The Hall–Kier alpha value is -1.55. The lowest BCUT2D eigenvalue weighted by Crippen LogP contribution is -2.26. The van der Waals surface area contributed by atoms with Gasteiger partial charge in [0.05, 0.1) is 0 Å². The molecule has 1 amide bonds. The summed E-state index contributed by atoms with van der Waals surface area (Å²) in [4.78, 5) is 16.1. The Balaban J connectivity index is 1.99. The number of rotatable bonds is 4. The molecule has 1 saturated heterocycles. The van der Waals surface area contributed by atoms with Gasteiger partial charge >= 0.3 is 0 Å². The highest BCUT2D eigenvalue weighted by Gasteiger charge is 2.16. The molecule has 1 unspecified atom stereocenters. The maximum Gasteiger partial charge on any atom is 0.253 e. The lowest BCUT2D eigenvalue weighted by molar-refractivity contribution is 0.0827. The van der Waals surface area contributed by atoms with Crippen molar-refractivity contribution in [2.45, 2.75) is 32.2 Å². The van der Waals surface area contributed by atoms with E-state index in [1.165, 1.54) is 25.8 Å². The van der Waals surface area contributed by atoms with E-state index in [0.717, 1.165) is 24.3 Å². The van der Waals surface area contributed by atoms with Crippen molar-refractivity contribution < 1.29 is 4.79 Å². The fraction of sp³-hybridized carbons (Fsp3) is 0.588. The van der Waals surface area contributed by atoms with Crippen LogP contribution < -0.4 is 5.32 Å². The molecule has 1 aliphatic rings. The molecule has 0 aromatic heterocycles. The van der Waals surface area contributed by atoms with Gasteiger partial charge in [0.25, 0.3) is 5.91 Å². The maximum atomic E-state index is 12.0. The molecule has 1 N–H and O–H groups in total. The first-order valence-electron chi connectivity index (χ1n) is 7.90. The first-order valence-corrected chi connectivity index (χ1v) is 7.90. The van der Waals surface area contributed by atoms with Crippen molar-refractivity contribution in [3.63, 3.8) is 0 Å². The third-order valence-electron chi connectivity index (χ3n) is 4.15. The Morgan fingerprint density at radius 1 is 1.33 bits per heavy atom. The summed E-state index contributed by atoms with van der Waals surface area (Å²) >= 11 is 0. The largest absolute Gasteiger partial charge is 0.382 e. The van der Waals surface area contributed by atoms with E-state index in [1.54, 1.807) is 19.0 Å². The van der Waals surface area contributed by atoms with Gasteiger partial charge in [-0.3, -0.25) is 4.79 Å². The van der Waals surface area contributed by atoms with E-state index in [-0.39, 0.29) is 5.91 Å². The molecule has 4 heteroatoms. The Bertz CT molecular complexity index is 473. The van der Waals surface area contributed by atoms with Crippen LogP contribution in [0.15, 0.2) is 24.3 Å². The summed E-state index contributed by atoms with van der Waals surface area (Å²) in [6, 6.07) is 8.35. The van der Waals surface area contributed by atoms with Crippen LogP contribution in [-0.4, -0.2) is 55.5 Å². The zero-order chi connectivity index (χ0) is 15.2. The molecule has 0 radical (unpaired) electrons. The quantitative estimate of drug-likeness (QED) is 0.925. The van der Waals surface area contributed by atoms with E-state index >= 15 is 0 Å². The van der Waals surface area contributed by atoms with Gasteiger partial charge in [-0.2, -0.15) is 0 Å². The van der Waals surface area contributed by atoms with E-state index < -0.39 is 0 Å². The topological polar surface area (TPSA) is 35.6 Å². The molecule has 0 saturated carbocycles. The number of nitrogens with one attached hydrogen (secondary N) is 1. The Morgan fingerprint density at radius 2 is 2.14 bits per heavy atom. The number of hydrogen-bond acceptors (Lipinski definition) is 3. The number of amides is 1. The molecule has 4 nitrogen and oxygen atoms in total. The molecule has 0 bridgehead atoms. The van der Waals surface area contributed by atoms with Crippen LogP contribution in [0.5, 0.6) is 0 Å². The molecule has 2 rings (SSSR count).